The number of ether oxygens (including phenoxy) is 2. The van der Waals surface area contributed by atoms with Gasteiger partial charge >= 0.3 is 0 Å². The van der Waals surface area contributed by atoms with Crippen LogP contribution in [0.2, 0.25) is 0 Å². The molecule has 1 saturated heterocycles. The molecule has 0 amide bonds. The molecule has 2 aliphatic rings. The van der Waals surface area contributed by atoms with Gasteiger partial charge in [0.05, 0.1) is 18.3 Å². The minimum absolute atomic E-state index is 0.101. The maximum absolute atomic E-state index is 10.1. The highest BCUT2D eigenvalue weighted by molar-refractivity contribution is 5.01. The van der Waals surface area contributed by atoms with Gasteiger partial charge in [0.1, 0.15) is 0 Å². The Bertz CT molecular complexity index is 216. The summed E-state index contributed by atoms with van der Waals surface area (Å²) in [5.74, 6) is 0.0138. The molecule has 0 spiro atoms. The first-order valence-corrected chi connectivity index (χ1v) is 5.11. The molecule has 1 aliphatic carbocycles. The molecule has 2 rings (SSSR count). The van der Waals surface area contributed by atoms with E-state index in [9.17, 15) is 10.2 Å². The van der Waals surface area contributed by atoms with Crippen LogP contribution in [0.5, 0.6) is 0 Å². The van der Waals surface area contributed by atoms with Crippen LogP contribution in [-0.2, 0) is 9.47 Å². The molecular formula is C10H18O4. The predicted molar refractivity (Wildman–Crippen MR) is 49.6 cm³/mol. The van der Waals surface area contributed by atoms with Crippen molar-refractivity contribution in [2.45, 2.75) is 37.8 Å². The fourth-order valence-electron chi connectivity index (χ4n) is 2.92. The van der Waals surface area contributed by atoms with Crippen LogP contribution >= 0.6 is 0 Å². The van der Waals surface area contributed by atoms with Crippen molar-refractivity contribution in [3.8, 4) is 0 Å². The first-order chi connectivity index (χ1) is 6.56. The van der Waals surface area contributed by atoms with E-state index in [2.05, 4.69) is 0 Å². The van der Waals surface area contributed by atoms with Crippen molar-refractivity contribution >= 4 is 0 Å². The first kappa shape index (κ1) is 10.4. The number of aliphatic hydroxyl groups is 2. The van der Waals surface area contributed by atoms with Crippen molar-refractivity contribution in [2.24, 2.45) is 11.8 Å². The van der Waals surface area contributed by atoms with Crippen LogP contribution in [0.1, 0.15) is 19.8 Å². The maximum atomic E-state index is 10.1. The molecule has 0 aromatic heterocycles. The van der Waals surface area contributed by atoms with Crippen LogP contribution in [0.15, 0.2) is 0 Å². The lowest BCUT2D eigenvalue weighted by atomic mass is 9.83. The molecule has 5 atom stereocenters. The van der Waals surface area contributed by atoms with E-state index < -0.39 is 11.7 Å². The van der Waals surface area contributed by atoms with E-state index in [-0.39, 0.29) is 18.1 Å². The quantitative estimate of drug-likeness (QED) is 0.634. The van der Waals surface area contributed by atoms with Gasteiger partial charge in [0, 0.05) is 19.4 Å². The Morgan fingerprint density at radius 3 is 2.86 bits per heavy atom. The summed E-state index contributed by atoms with van der Waals surface area (Å²) in [6, 6.07) is 0. The molecule has 1 aliphatic heterocycles. The molecule has 0 aromatic carbocycles. The second-order valence-electron chi connectivity index (χ2n) is 4.58. The Morgan fingerprint density at radius 1 is 1.50 bits per heavy atom. The minimum atomic E-state index is -0.870. The summed E-state index contributed by atoms with van der Waals surface area (Å²) in [4.78, 5) is 0. The van der Waals surface area contributed by atoms with Crippen molar-refractivity contribution in [2.75, 3.05) is 13.7 Å². The standard InChI is InChI=1S/C10H18O4/c1-10(12)5-7(11)6-3-4-14-9(13-2)8(6)10/h6-9,11-12H,3-5H2,1-2H3/t6-,7+,8+,9+,10-/m0/s1. The third kappa shape index (κ3) is 1.46. The highest BCUT2D eigenvalue weighted by atomic mass is 16.7. The van der Waals surface area contributed by atoms with Gasteiger partial charge in [-0.3, -0.25) is 0 Å². The van der Waals surface area contributed by atoms with Crippen molar-refractivity contribution in [3.63, 3.8) is 0 Å². The lowest BCUT2D eigenvalue weighted by Crippen LogP contribution is -2.46. The van der Waals surface area contributed by atoms with Crippen LogP contribution in [-0.4, -0.2) is 41.9 Å². The molecule has 4 heteroatoms. The second kappa shape index (κ2) is 3.45. The zero-order chi connectivity index (χ0) is 10.3. The predicted octanol–water partition coefficient (Wildman–Crippen LogP) is 0.127. The van der Waals surface area contributed by atoms with Crippen LogP contribution < -0.4 is 0 Å². The minimum Gasteiger partial charge on any atom is -0.393 e. The van der Waals surface area contributed by atoms with Gasteiger partial charge in [-0.25, -0.2) is 0 Å². The summed E-state index contributed by atoms with van der Waals surface area (Å²) in [5, 5.41) is 19.9. The van der Waals surface area contributed by atoms with Gasteiger partial charge in [-0.2, -0.15) is 0 Å². The van der Waals surface area contributed by atoms with Gasteiger partial charge < -0.3 is 19.7 Å². The number of methoxy groups -OCH3 is 1. The summed E-state index contributed by atoms with van der Waals surface area (Å²) in [6.07, 6.45) is 0.436. The van der Waals surface area contributed by atoms with Crippen LogP contribution in [0.25, 0.3) is 0 Å². The molecule has 0 radical (unpaired) electrons. The molecule has 2 N–H and O–H groups in total. The number of hydrogen-bond donors (Lipinski definition) is 2. The lowest BCUT2D eigenvalue weighted by molar-refractivity contribution is -0.223. The van der Waals surface area contributed by atoms with Crippen molar-refractivity contribution in [1.29, 1.82) is 0 Å². The topological polar surface area (TPSA) is 58.9 Å². The first-order valence-electron chi connectivity index (χ1n) is 5.11. The van der Waals surface area contributed by atoms with Crippen molar-refractivity contribution in [1.82, 2.24) is 0 Å². The fourth-order valence-corrected chi connectivity index (χ4v) is 2.92. The van der Waals surface area contributed by atoms with E-state index in [1.165, 1.54) is 0 Å². The van der Waals surface area contributed by atoms with E-state index in [1.807, 2.05) is 0 Å². The smallest absolute Gasteiger partial charge is 0.163 e. The molecule has 0 bridgehead atoms. The van der Waals surface area contributed by atoms with Crippen LogP contribution in [0.3, 0.4) is 0 Å². The van der Waals surface area contributed by atoms with Crippen molar-refractivity contribution in [3.05, 3.63) is 0 Å². The van der Waals surface area contributed by atoms with E-state index in [0.717, 1.165) is 6.42 Å². The van der Waals surface area contributed by atoms with E-state index in [0.29, 0.717) is 13.0 Å². The molecule has 14 heavy (non-hydrogen) atoms. The number of rotatable bonds is 1. The average Bonchev–Trinajstić information content (AvgIpc) is 2.38. The van der Waals surface area contributed by atoms with Crippen LogP contribution in [0, 0.1) is 11.8 Å². The summed E-state index contributed by atoms with van der Waals surface area (Å²) < 4.78 is 10.6. The lowest BCUT2D eigenvalue weighted by Gasteiger charge is -2.38. The highest BCUT2D eigenvalue weighted by Gasteiger charge is 2.54. The van der Waals surface area contributed by atoms with Gasteiger partial charge in [-0.15, -0.1) is 0 Å². The zero-order valence-corrected chi connectivity index (χ0v) is 8.64. The fraction of sp³-hybridized carbons (Fsp3) is 1.00. The van der Waals surface area contributed by atoms with E-state index >= 15 is 0 Å². The highest BCUT2D eigenvalue weighted by Crippen LogP contribution is 2.46. The van der Waals surface area contributed by atoms with Gasteiger partial charge in [-0.05, 0) is 19.3 Å². The van der Waals surface area contributed by atoms with Crippen molar-refractivity contribution < 1.29 is 19.7 Å². The number of hydrogen-bond acceptors (Lipinski definition) is 4. The van der Waals surface area contributed by atoms with Gasteiger partial charge in [0.25, 0.3) is 0 Å². The molecule has 82 valence electrons. The molecular weight excluding hydrogens is 184 g/mol. The Hall–Kier alpha value is -0.160. The number of aliphatic hydroxyl groups excluding tert-OH is 1. The molecule has 1 saturated carbocycles. The Balaban J connectivity index is 2.22. The Labute approximate surface area is 83.8 Å². The Morgan fingerprint density at radius 2 is 2.21 bits per heavy atom. The molecule has 0 aromatic rings. The monoisotopic (exact) mass is 202 g/mol. The normalized spacial score (nSPS) is 53.1. The molecule has 4 nitrogen and oxygen atoms in total. The summed E-state index contributed by atoms with van der Waals surface area (Å²) in [6.45, 7) is 2.36. The summed E-state index contributed by atoms with van der Waals surface area (Å²) >= 11 is 0. The average molecular weight is 202 g/mol. The summed E-state index contributed by atoms with van der Waals surface area (Å²) in [5.41, 5.74) is -0.870. The maximum Gasteiger partial charge on any atom is 0.163 e. The third-order valence-corrected chi connectivity index (χ3v) is 3.55. The zero-order valence-electron chi connectivity index (χ0n) is 8.64. The van der Waals surface area contributed by atoms with Crippen LogP contribution in [0.4, 0.5) is 0 Å². The van der Waals surface area contributed by atoms with Gasteiger partial charge in [0.2, 0.25) is 0 Å². The number of fused-ring (bicyclic) bond motifs is 1. The largest absolute Gasteiger partial charge is 0.393 e. The van der Waals surface area contributed by atoms with Gasteiger partial charge in [0.15, 0.2) is 6.29 Å². The molecule has 0 unspecified atom stereocenters. The molecule has 1 heterocycles. The third-order valence-electron chi connectivity index (χ3n) is 3.55. The summed E-state index contributed by atoms with van der Waals surface area (Å²) in [7, 11) is 1.58. The molecule has 2 fully saturated rings. The Kier molecular flexibility index (Phi) is 2.55. The second-order valence-corrected chi connectivity index (χ2v) is 4.58. The van der Waals surface area contributed by atoms with E-state index in [4.69, 9.17) is 9.47 Å². The van der Waals surface area contributed by atoms with E-state index in [1.54, 1.807) is 14.0 Å². The van der Waals surface area contributed by atoms with Gasteiger partial charge in [-0.1, -0.05) is 0 Å². The SMILES string of the molecule is CO[C@@H]1OCC[C@@H]2[C@H]1[C@@](C)(O)C[C@H]2O.